The first kappa shape index (κ1) is 23.2. The Morgan fingerprint density at radius 1 is 1.03 bits per heavy atom. The van der Waals surface area contributed by atoms with Crippen molar-refractivity contribution in [2.45, 2.75) is 0 Å². The van der Waals surface area contributed by atoms with Crippen molar-refractivity contribution in [1.82, 2.24) is 4.68 Å². The van der Waals surface area contributed by atoms with Gasteiger partial charge in [0.1, 0.15) is 5.75 Å². The summed E-state index contributed by atoms with van der Waals surface area (Å²) in [7, 11) is 0. The lowest BCUT2D eigenvalue weighted by Crippen LogP contribution is -2.25. The van der Waals surface area contributed by atoms with Crippen LogP contribution < -0.4 is 14.9 Å². The van der Waals surface area contributed by atoms with Gasteiger partial charge in [0.2, 0.25) is 4.80 Å². The molecule has 5 rings (SSSR count). The number of aromatic nitrogens is 1. The van der Waals surface area contributed by atoms with Crippen molar-refractivity contribution in [3.05, 3.63) is 92.0 Å². The van der Waals surface area contributed by atoms with Crippen LogP contribution in [0.4, 0.5) is 20.2 Å². The Morgan fingerprint density at radius 3 is 2.69 bits per heavy atom. The van der Waals surface area contributed by atoms with Gasteiger partial charge < -0.3 is 10.1 Å². The number of amides is 1. The van der Waals surface area contributed by atoms with Crippen LogP contribution in [0.2, 0.25) is 10.0 Å². The van der Waals surface area contributed by atoms with Crippen LogP contribution in [0, 0.1) is 11.6 Å². The summed E-state index contributed by atoms with van der Waals surface area (Å²) in [5, 5.41) is 9.87. The molecule has 0 spiro atoms. The van der Waals surface area contributed by atoms with Gasteiger partial charge in [-0.2, -0.15) is 5.10 Å². The van der Waals surface area contributed by atoms with Crippen LogP contribution >= 0.6 is 34.5 Å². The summed E-state index contributed by atoms with van der Waals surface area (Å²) < 4.78 is 34.0. The molecule has 1 N–H and O–H groups in total. The van der Waals surface area contributed by atoms with Crippen molar-refractivity contribution < 1.29 is 18.3 Å². The van der Waals surface area contributed by atoms with Gasteiger partial charge in [0.25, 0.3) is 5.91 Å². The number of carbonyl (C=O) groups excluding carboxylic acids is 1. The number of benzene rings is 3. The van der Waals surface area contributed by atoms with Crippen LogP contribution in [0.25, 0.3) is 11.3 Å². The first-order valence-electron chi connectivity index (χ1n) is 10.1. The highest BCUT2D eigenvalue weighted by atomic mass is 35.5. The highest BCUT2D eigenvalue weighted by Gasteiger charge is 2.18. The predicted molar refractivity (Wildman–Crippen MR) is 133 cm³/mol. The molecular weight excluding hydrogens is 517 g/mol. The number of ether oxygens (including phenoxy) is 1. The predicted octanol–water partition coefficient (Wildman–Crippen LogP) is 6.25. The summed E-state index contributed by atoms with van der Waals surface area (Å²) in [4.78, 5) is 16.9. The Bertz CT molecular complexity index is 1570. The lowest BCUT2D eigenvalue weighted by molar-refractivity contribution is -0.118. The van der Waals surface area contributed by atoms with Crippen molar-refractivity contribution in [2.24, 2.45) is 10.1 Å². The summed E-state index contributed by atoms with van der Waals surface area (Å²) in [6.07, 6.45) is 1.40. The fraction of sp³-hybridized carbons (Fsp3) is 0.0417. The molecule has 0 saturated carbocycles. The SMILES string of the molecule is O=C1COc2ccc(-c3csc(=Nc4ccc(Cl)c(Cl)c4)n3N=Cc3ccc(F)c(F)c3)cc2N1. The normalized spacial score (nSPS) is 13.6. The maximum Gasteiger partial charge on any atom is 0.262 e. The van der Waals surface area contributed by atoms with Gasteiger partial charge in [0.15, 0.2) is 18.2 Å². The summed E-state index contributed by atoms with van der Waals surface area (Å²) in [6.45, 7) is -0.0456. The van der Waals surface area contributed by atoms with Gasteiger partial charge in [-0.15, -0.1) is 11.3 Å². The Labute approximate surface area is 211 Å². The first-order chi connectivity index (χ1) is 16.9. The van der Waals surface area contributed by atoms with E-state index in [0.29, 0.717) is 43.2 Å². The topological polar surface area (TPSA) is 68.0 Å². The Kier molecular flexibility index (Phi) is 6.38. The van der Waals surface area contributed by atoms with Crippen molar-refractivity contribution in [3.63, 3.8) is 0 Å². The molecule has 11 heteroatoms. The van der Waals surface area contributed by atoms with Gasteiger partial charge in [0.05, 0.1) is 33.3 Å². The molecule has 0 aliphatic carbocycles. The molecule has 0 radical (unpaired) electrons. The quantitative estimate of drug-likeness (QED) is 0.317. The third-order valence-electron chi connectivity index (χ3n) is 4.99. The standard InChI is InChI=1S/C24H14Cl2F2N4O2S/c25-16-4-3-15(9-17(16)26)30-24-32(29-10-13-1-5-18(27)19(28)7-13)21(12-35-24)14-2-6-22-20(8-14)31-23(33)11-34-22/h1-10,12H,11H2,(H,31,33). The van der Waals surface area contributed by atoms with Crippen LogP contribution in [-0.2, 0) is 4.79 Å². The molecule has 6 nitrogen and oxygen atoms in total. The summed E-state index contributed by atoms with van der Waals surface area (Å²) in [6, 6.07) is 13.8. The van der Waals surface area contributed by atoms with Gasteiger partial charge >= 0.3 is 0 Å². The summed E-state index contributed by atoms with van der Waals surface area (Å²) in [5.41, 5.74) is 2.82. The lowest BCUT2D eigenvalue weighted by atomic mass is 10.1. The zero-order valence-electron chi connectivity index (χ0n) is 17.6. The van der Waals surface area contributed by atoms with E-state index >= 15 is 0 Å². The molecule has 0 saturated heterocycles. The minimum absolute atomic E-state index is 0.0456. The van der Waals surface area contributed by atoms with Crippen molar-refractivity contribution in [3.8, 4) is 17.0 Å². The van der Waals surface area contributed by atoms with Gasteiger partial charge in [-0.25, -0.2) is 18.4 Å². The molecular formula is C24H14Cl2F2N4O2S. The highest BCUT2D eigenvalue weighted by Crippen LogP contribution is 2.33. The van der Waals surface area contributed by atoms with Gasteiger partial charge in [-0.05, 0) is 54.1 Å². The third kappa shape index (κ3) is 4.97. The maximum atomic E-state index is 13.7. The van der Waals surface area contributed by atoms with E-state index in [9.17, 15) is 13.6 Å². The second-order valence-corrected chi connectivity index (χ2v) is 9.04. The number of rotatable bonds is 4. The average Bonchev–Trinajstić information content (AvgIpc) is 3.24. The molecule has 176 valence electrons. The number of thiazole rings is 1. The van der Waals surface area contributed by atoms with Gasteiger partial charge in [0, 0.05) is 10.9 Å². The summed E-state index contributed by atoms with van der Waals surface area (Å²) >= 11 is 13.5. The van der Waals surface area contributed by atoms with E-state index in [1.165, 1.54) is 23.6 Å². The average molecular weight is 531 g/mol. The van der Waals surface area contributed by atoms with E-state index in [0.717, 1.165) is 17.7 Å². The number of nitrogens with zero attached hydrogens (tertiary/aromatic N) is 3. The molecule has 1 aliphatic heterocycles. The Hall–Kier alpha value is -3.53. The Balaban J connectivity index is 1.63. The number of fused-ring (bicyclic) bond motifs is 1. The number of halogens is 4. The molecule has 0 bridgehead atoms. The maximum absolute atomic E-state index is 13.7. The number of hydrogen-bond acceptors (Lipinski definition) is 5. The van der Waals surface area contributed by atoms with E-state index < -0.39 is 11.6 Å². The zero-order chi connectivity index (χ0) is 24.5. The van der Waals surface area contributed by atoms with Crippen LogP contribution in [-0.4, -0.2) is 23.4 Å². The van der Waals surface area contributed by atoms with Crippen molar-refractivity contribution in [1.29, 1.82) is 0 Å². The fourth-order valence-corrected chi connectivity index (χ4v) is 4.46. The molecule has 1 aromatic heterocycles. The molecule has 0 atom stereocenters. The molecule has 3 aromatic carbocycles. The number of anilines is 1. The molecule has 35 heavy (non-hydrogen) atoms. The lowest BCUT2D eigenvalue weighted by Gasteiger charge is -2.18. The molecule has 1 aliphatic rings. The number of carbonyl (C=O) groups is 1. The van der Waals surface area contributed by atoms with Crippen molar-refractivity contribution >= 4 is 58.0 Å². The third-order valence-corrected chi connectivity index (χ3v) is 6.54. The van der Waals surface area contributed by atoms with Crippen LogP contribution in [0.15, 0.2) is 70.1 Å². The van der Waals surface area contributed by atoms with Crippen molar-refractivity contribution in [2.75, 3.05) is 11.9 Å². The molecule has 4 aromatic rings. The molecule has 0 unspecified atom stereocenters. The van der Waals surface area contributed by atoms with Gasteiger partial charge in [-0.3, -0.25) is 4.79 Å². The van der Waals surface area contributed by atoms with E-state index in [1.54, 1.807) is 35.0 Å². The van der Waals surface area contributed by atoms with Crippen LogP contribution in [0.3, 0.4) is 0 Å². The number of nitrogens with one attached hydrogen (secondary N) is 1. The molecule has 1 amide bonds. The second kappa shape index (κ2) is 9.61. The minimum Gasteiger partial charge on any atom is -0.482 e. The second-order valence-electron chi connectivity index (χ2n) is 7.39. The Morgan fingerprint density at radius 2 is 1.89 bits per heavy atom. The van der Waals surface area contributed by atoms with E-state index in [1.807, 2.05) is 11.4 Å². The molecule has 2 heterocycles. The van der Waals surface area contributed by atoms with E-state index in [2.05, 4.69) is 15.4 Å². The van der Waals surface area contributed by atoms with E-state index in [-0.39, 0.29) is 12.5 Å². The van der Waals surface area contributed by atoms with E-state index in [4.69, 9.17) is 27.9 Å². The monoisotopic (exact) mass is 530 g/mol. The van der Waals surface area contributed by atoms with Gasteiger partial charge in [-0.1, -0.05) is 29.3 Å². The fourth-order valence-electron chi connectivity index (χ4n) is 3.31. The van der Waals surface area contributed by atoms with Crippen LogP contribution in [0.1, 0.15) is 5.56 Å². The zero-order valence-corrected chi connectivity index (χ0v) is 20.0. The largest absolute Gasteiger partial charge is 0.482 e. The summed E-state index contributed by atoms with van der Waals surface area (Å²) in [5.74, 6) is -1.61. The minimum atomic E-state index is -0.976. The number of hydrogen-bond donors (Lipinski definition) is 1. The molecule has 0 fully saturated rings. The highest BCUT2D eigenvalue weighted by molar-refractivity contribution is 7.07. The first-order valence-corrected chi connectivity index (χ1v) is 11.8. The van der Waals surface area contributed by atoms with Crippen LogP contribution in [0.5, 0.6) is 5.75 Å². The smallest absolute Gasteiger partial charge is 0.262 e.